The van der Waals surface area contributed by atoms with Crippen LogP contribution in [0.15, 0.2) is 53.3 Å². The van der Waals surface area contributed by atoms with E-state index in [4.69, 9.17) is 4.42 Å². The van der Waals surface area contributed by atoms with Gasteiger partial charge in [-0.25, -0.2) is 4.68 Å². The van der Waals surface area contributed by atoms with E-state index in [1.807, 2.05) is 19.1 Å². The van der Waals surface area contributed by atoms with Crippen molar-refractivity contribution in [3.8, 4) is 0 Å². The Labute approximate surface area is 158 Å². The van der Waals surface area contributed by atoms with Crippen molar-refractivity contribution in [1.29, 1.82) is 0 Å². The van der Waals surface area contributed by atoms with Crippen LogP contribution in [0.1, 0.15) is 40.2 Å². The first-order valence-corrected chi connectivity index (χ1v) is 8.65. The summed E-state index contributed by atoms with van der Waals surface area (Å²) in [6, 6.07) is 7.72. The predicted octanol–water partition coefficient (Wildman–Crippen LogP) is 4.70. The monoisotopic (exact) mass is 390 g/mol. The number of nitrogens with one attached hydrogen (secondary N) is 2. The van der Waals surface area contributed by atoms with Gasteiger partial charge in [-0.15, -0.1) is 0 Å². The zero-order valence-corrected chi connectivity index (χ0v) is 14.8. The van der Waals surface area contributed by atoms with E-state index in [0.29, 0.717) is 11.4 Å². The highest BCUT2D eigenvalue weighted by Gasteiger charge is 2.47. The largest absolute Gasteiger partial charge is 0.467 e. The fourth-order valence-corrected chi connectivity index (χ4v) is 3.24. The number of amides is 1. The Morgan fingerprint density at radius 3 is 2.68 bits per heavy atom. The van der Waals surface area contributed by atoms with Crippen molar-refractivity contribution >= 4 is 17.4 Å². The molecule has 0 bridgehead atoms. The molecular formula is C19H17F3N4O2. The fourth-order valence-electron chi connectivity index (χ4n) is 3.24. The third kappa shape index (κ3) is 3.35. The number of alkyl halides is 3. The fraction of sp³-hybridized carbons (Fsp3) is 0.263. The van der Waals surface area contributed by atoms with Crippen LogP contribution in [0.4, 0.5) is 24.7 Å². The second-order valence-electron chi connectivity index (χ2n) is 6.68. The Hall–Kier alpha value is -3.23. The van der Waals surface area contributed by atoms with Gasteiger partial charge in [0.25, 0.3) is 5.91 Å². The van der Waals surface area contributed by atoms with Gasteiger partial charge in [0.05, 0.1) is 18.5 Å². The standard InChI is InChI=1S/C19H17F3N4O2/c1-11-4-6-12(7-5-11)24-18(27)13-10-23-26-16(19(20,21)22)9-14(25-17(13)26)15-3-2-8-28-15/h2-8,10,14,16,25H,9H2,1H3,(H,24,27). The number of hydrogen-bond acceptors (Lipinski definition) is 4. The van der Waals surface area contributed by atoms with Gasteiger partial charge >= 0.3 is 6.18 Å². The minimum atomic E-state index is -4.52. The molecule has 4 rings (SSSR count). The number of rotatable bonds is 3. The number of hydrogen-bond donors (Lipinski definition) is 2. The van der Waals surface area contributed by atoms with E-state index < -0.39 is 24.2 Å². The molecule has 2 N–H and O–H groups in total. The molecule has 1 amide bonds. The molecule has 2 unspecified atom stereocenters. The maximum absolute atomic E-state index is 13.6. The molecule has 146 valence electrons. The summed E-state index contributed by atoms with van der Waals surface area (Å²) in [4.78, 5) is 12.7. The first kappa shape index (κ1) is 18.1. The summed E-state index contributed by atoms with van der Waals surface area (Å²) in [5, 5.41) is 9.50. The Bertz CT molecular complexity index is 978. The number of carbonyl (C=O) groups is 1. The van der Waals surface area contributed by atoms with Gasteiger partial charge in [0, 0.05) is 12.1 Å². The Balaban J connectivity index is 1.67. The van der Waals surface area contributed by atoms with E-state index in [1.165, 1.54) is 6.26 Å². The molecular weight excluding hydrogens is 373 g/mol. The number of halogens is 3. The molecule has 0 radical (unpaired) electrons. The van der Waals surface area contributed by atoms with Gasteiger partial charge < -0.3 is 15.1 Å². The lowest BCUT2D eigenvalue weighted by Crippen LogP contribution is -2.36. The molecule has 1 aliphatic rings. The van der Waals surface area contributed by atoms with Crippen molar-refractivity contribution in [1.82, 2.24) is 9.78 Å². The number of aromatic nitrogens is 2. The highest BCUT2D eigenvalue weighted by molar-refractivity contribution is 6.07. The third-order valence-electron chi connectivity index (χ3n) is 4.68. The first-order chi connectivity index (χ1) is 13.3. The van der Waals surface area contributed by atoms with Crippen LogP contribution in [0.3, 0.4) is 0 Å². The summed E-state index contributed by atoms with van der Waals surface area (Å²) in [6.45, 7) is 1.91. The lowest BCUT2D eigenvalue weighted by Gasteiger charge is -2.32. The summed E-state index contributed by atoms with van der Waals surface area (Å²) in [7, 11) is 0. The van der Waals surface area contributed by atoms with Crippen molar-refractivity contribution in [3.63, 3.8) is 0 Å². The molecule has 1 aliphatic heterocycles. The second kappa shape index (κ2) is 6.74. The maximum Gasteiger partial charge on any atom is 0.410 e. The molecule has 28 heavy (non-hydrogen) atoms. The van der Waals surface area contributed by atoms with E-state index in [-0.39, 0.29) is 17.8 Å². The summed E-state index contributed by atoms with van der Waals surface area (Å²) < 4.78 is 46.9. The van der Waals surface area contributed by atoms with Crippen LogP contribution in [0.2, 0.25) is 0 Å². The predicted molar refractivity (Wildman–Crippen MR) is 96.1 cm³/mol. The third-order valence-corrected chi connectivity index (χ3v) is 4.68. The Kier molecular flexibility index (Phi) is 4.37. The van der Waals surface area contributed by atoms with Crippen molar-refractivity contribution in [2.24, 2.45) is 0 Å². The zero-order chi connectivity index (χ0) is 19.9. The molecule has 9 heteroatoms. The van der Waals surface area contributed by atoms with Crippen LogP contribution in [-0.2, 0) is 0 Å². The van der Waals surface area contributed by atoms with E-state index in [2.05, 4.69) is 15.7 Å². The summed E-state index contributed by atoms with van der Waals surface area (Å²) in [5.41, 5.74) is 1.60. The van der Waals surface area contributed by atoms with Gasteiger partial charge in [0.15, 0.2) is 6.04 Å². The average Bonchev–Trinajstić information content (AvgIpc) is 3.31. The van der Waals surface area contributed by atoms with Crippen LogP contribution >= 0.6 is 0 Å². The quantitative estimate of drug-likeness (QED) is 0.680. The molecule has 0 fully saturated rings. The van der Waals surface area contributed by atoms with Gasteiger partial charge in [-0.3, -0.25) is 4.79 Å². The maximum atomic E-state index is 13.6. The summed E-state index contributed by atoms with van der Waals surface area (Å²) in [6.07, 6.45) is -2.26. The SMILES string of the molecule is Cc1ccc(NC(=O)c2cnn3c2NC(c2ccco2)CC3C(F)(F)F)cc1. The number of anilines is 2. The number of aryl methyl sites for hydroxylation is 1. The van der Waals surface area contributed by atoms with Gasteiger partial charge in [0.2, 0.25) is 0 Å². The highest BCUT2D eigenvalue weighted by atomic mass is 19.4. The second-order valence-corrected chi connectivity index (χ2v) is 6.68. The molecule has 2 atom stereocenters. The number of furan rings is 1. The molecule has 1 aromatic carbocycles. The minimum absolute atomic E-state index is 0.0135. The number of carbonyl (C=O) groups excluding carboxylic acids is 1. The van der Waals surface area contributed by atoms with Crippen molar-refractivity contribution in [3.05, 3.63) is 65.7 Å². The normalized spacial score (nSPS) is 19.0. The lowest BCUT2D eigenvalue weighted by atomic mass is 10.0. The van der Waals surface area contributed by atoms with E-state index in [0.717, 1.165) is 16.4 Å². The Morgan fingerprint density at radius 1 is 1.29 bits per heavy atom. The van der Waals surface area contributed by atoms with E-state index >= 15 is 0 Å². The molecule has 2 aromatic heterocycles. The highest BCUT2D eigenvalue weighted by Crippen LogP contribution is 2.44. The van der Waals surface area contributed by atoms with E-state index in [1.54, 1.807) is 24.3 Å². The first-order valence-electron chi connectivity index (χ1n) is 8.65. The smallest absolute Gasteiger partial charge is 0.410 e. The molecule has 3 heterocycles. The zero-order valence-electron chi connectivity index (χ0n) is 14.8. The van der Waals surface area contributed by atoms with E-state index in [9.17, 15) is 18.0 Å². The van der Waals surface area contributed by atoms with Crippen LogP contribution in [-0.4, -0.2) is 21.9 Å². The number of fused-ring (bicyclic) bond motifs is 1. The summed E-state index contributed by atoms with van der Waals surface area (Å²) in [5.74, 6) is -0.162. The van der Waals surface area contributed by atoms with Crippen LogP contribution in [0.5, 0.6) is 0 Å². The molecule has 6 nitrogen and oxygen atoms in total. The van der Waals surface area contributed by atoms with Crippen LogP contribution < -0.4 is 10.6 Å². The minimum Gasteiger partial charge on any atom is -0.467 e. The van der Waals surface area contributed by atoms with Crippen LogP contribution in [0, 0.1) is 6.92 Å². The number of nitrogens with zero attached hydrogens (tertiary/aromatic N) is 2. The molecule has 3 aromatic rings. The van der Waals surface area contributed by atoms with Gasteiger partial charge in [-0.05, 0) is 31.2 Å². The average molecular weight is 390 g/mol. The van der Waals surface area contributed by atoms with Gasteiger partial charge in [-0.1, -0.05) is 17.7 Å². The van der Waals surface area contributed by atoms with Gasteiger partial charge in [-0.2, -0.15) is 18.3 Å². The Morgan fingerprint density at radius 2 is 2.04 bits per heavy atom. The summed E-state index contributed by atoms with van der Waals surface area (Å²) >= 11 is 0. The van der Waals surface area contributed by atoms with Gasteiger partial charge in [0.1, 0.15) is 17.1 Å². The lowest BCUT2D eigenvalue weighted by molar-refractivity contribution is -0.174. The number of benzene rings is 1. The molecule has 0 spiro atoms. The molecule has 0 saturated heterocycles. The molecule has 0 aliphatic carbocycles. The molecule has 0 saturated carbocycles. The van der Waals surface area contributed by atoms with Crippen molar-refractivity contribution in [2.45, 2.75) is 31.6 Å². The topological polar surface area (TPSA) is 72.1 Å². The van der Waals surface area contributed by atoms with Crippen LogP contribution in [0.25, 0.3) is 0 Å². The van der Waals surface area contributed by atoms with Crippen molar-refractivity contribution in [2.75, 3.05) is 10.6 Å². The van der Waals surface area contributed by atoms with Crippen molar-refractivity contribution < 1.29 is 22.4 Å².